The Hall–Kier alpha value is -0.0800. The van der Waals surface area contributed by atoms with Crippen LogP contribution < -0.4 is 5.73 Å². The fourth-order valence-electron chi connectivity index (χ4n) is 4.27. The quantitative estimate of drug-likeness (QED) is 0.778. The molecule has 4 atom stereocenters. The lowest BCUT2D eigenvalue weighted by molar-refractivity contribution is 0.0424. The third-order valence-corrected chi connectivity index (χ3v) is 5.42. The average molecular weight is 252 g/mol. The highest BCUT2D eigenvalue weighted by Gasteiger charge is 2.33. The zero-order chi connectivity index (χ0) is 13.0. The smallest absolute Gasteiger partial charge is 0.0224 e. The highest BCUT2D eigenvalue weighted by atomic mass is 15.2. The molecule has 2 aliphatic rings. The summed E-state index contributed by atoms with van der Waals surface area (Å²) in [5, 5.41) is 0. The third-order valence-electron chi connectivity index (χ3n) is 5.42. The summed E-state index contributed by atoms with van der Waals surface area (Å²) >= 11 is 0. The molecule has 2 heteroatoms. The minimum Gasteiger partial charge on any atom is -0.329 e. The number of nitrogens with two attached hydrogens (primary N) is 1. The minimum absolute atomic E-state index is 0.664. The van der Waals surface area contributed by atoms with Gasteiger partial charge >= 0.3 is 0 Å². The Morgan fingerprint density at radius 1 is 1.00 bits per heavy atom. The highest BCUT2D eigenvalue weighted by molar-refractivity contribution is 4.89. The van der Waals surface area contributed by atoms with Crippen molar-refractivity contribution >= 4 is 0 Å². The lowest BCUT2D eigenvalue weighted by atomic mass is 9.91. The van der Waals surface area contributed by atoms with E-state index in [-0.39, 0.29) is 0 Å². The SMILES string of the molecule is CCC1CCCC(N2C(C)CCCC2CN)CC1. The van der Waals surface area contributed by atoms with Crippen molar-refractivity contribution in [3.05, 3.63) is 0 Å². The number of likely N-dealkylation sites (tertiary alicyclic amines) is 1. The summed E-state index contributed by atoms with van der Waals surface area (Å²) in [5.74, 6) is 0.992. The standard InChI is InChI=1S/C16H32N2/c1-3-14-7-5-8-15(11-10-14)18-13(2)6-4-9-16(18)12-17/h13-16H,3-12,17H2,1-2H3. The molecule has 2 nitrogen and oxygen atoms in total. The number of hydrogen-bond acceptors (Lipinski definition) is 2. The third kappa shape index (κ3) is 3.27. The van der Waals surface area contributed by atoms with E-state index < -0.39 is 0 Å². The van der Waals surface area contributed by atoms with Gasteiger partial charge in [-0.25, -0.2) is 0 Å². The zero-order valence-electron chi connectivity index (χ0n) is 12.4. The van der Waals surface area contributed by atoms with E-state index in [9.17, 15) is 0 Å². The van der Waals surface area contributed by atoms with Crippen LogP contribution >= 0.6 is 0 Å². The van der Waals surface area contributed by atoms with Crippen molar-refractivity contribution < 1.29 is 0 Å². The van der Waals surface area contributed by atoms with E-state index in [1.807, 2.05) is 0 Å². The van der Waals surface area contributed by atoms with Gasteiger partial charge in [0.05, 0.1) is 0 Å². The van der Waals surface area contributed by atoms with Crippen LogP contribution in [0.5, 0.6) is 0 Å². The summed E-state index contributed by atoms with van der Waals surface area (Å²) in [4.78, 5) is 2.81. The summed E-state index contributed by atoms with van der Waals surface area (Å²) in [6.45, 7) is 5.64. The molecule has 0 aromatic carbocycles. The summed E-state index contributed by atoms with van der Waals surface area (Å²) in [5.41, 5.74) is 6.01. The van der Waals surface area contributed by atoms with Crippen molar-refractivity contribution in [2.45, 2.75) is 89.8 Å². The summed E-state index contributed by atoms with van der Waals surface area (Å²) < 4.78 is 0. The van der Waals surface area contributed by atoms with Gasteiger partial charge < -0.3 is 5.73 Å². The largest absolute Gasteiger partial charge is 0.329 e. The van der Waals surface area contributed by atoms with Crippen molar-refractivity contribution in [2.24, 2.45) is 11.7 Å². The molecule has 1 heterocycles. The molecule has 1 aliphatic heterocycles. The minimum atomic E-state index is 0.664. The van der Waals surface area contributed by atoms with Crippen LogP contribution in [0, 0.1) is 5.92 Å². The monoisotopic (exact) mass is 252 g/mol. The van der Waals surface area contributed by atoms with E-state index in [4.69, 9.17) is 5.73 Å². The first-order valence-corrected chi connectivity index (χ1v) is 8.23. The number of hydrogen-bond donors (Lipinski definition) is 1. The second-order valence-corrected chi connectivity index (χ2v) is 6.55. The van der Waals surface area contributed by atoms with Gasteiger partial charge in [0.2, 0.25) is 0 Å². The lowest BCUT2D eigenvalue weighted by Gasteiger charge is -2.45. The van der Waals surface area contributed by atoms with E-state index in [0.29, 0.717) is 6.04 Å². The van der Waals surface area contributed by atoms with Crippen molar-refractivity contribution in [1.29, 1.82) is 0 Å². The number of piperidine rings is 1. The summed E-state index contributed by atoms with van der Waals surface area (Å²) in [6.07, 6.45) is 12.6. The maximum absolute atomic E-state index is 6.01. The molecule has 0 amide bonds. The Morgan fingerprint density at radius 3 is 2.50 bits per heavy atom. The van der Waals surface area contributed by atoms with Crippen LogP contribution in [0.3, 0.4) is 0 Å². The molecule has 106 valence electrons. The molecule has 0 aromatic heterocycles. The van der Waals surface area contributed by atoms with Crippen LogP contribution in [0.25, 0.3) is 0 Å². The molecular formula is C16H32N2. The van der Waals surface area contributed by atoms with Gasteiger partial charge in [-0.3, -0.25) is 4.90 Å². The molecule has 0 aromatic rings. The van der Waals surface area contributed by atoms with Gasteiger partial charge in [0.15, 0.2) is 0 Å². The summed E-state index contributed by atoms with van der Waals surface area (Å²) in [6, 6.07) is 2.25. The highest BCUT2D eigenvalue weighted by Crippen LogP contribution is 2.33. The summed E-state index contributed by atoms with van der Waals surface area (Å²) in [7, 11) is 0. The second-order valence-electron chi connectivity index (χ2n) is 6.55. The fourth-order valence-corrected chi connectivity index (χ4v) is 4.27. The molecule has 0 bridgehead atoms. The topological polar surface area (TPSA) is 29.3 Å². The van der Waals surface area contributed by atoms with Crippen LogP contribution in [-0.2, 0) is 0 Å². The first-order chi connectivity index (χ1) is 8.76. The van der Waals surface area contributed by atoms with Gasteiger partial charge in [0.25, 0.3) is 0 Å². The maximum atomic E-state index is 6.01. The Labute approximate surface area is 113 Å². The molecule has 1 saturated carbocycles. The molecule has 1 saturated heterocycles. The van der Waals surface area contributed by atoms with Gasteiger partial charge in [-0.15, -0.1) is 0 Å². The fraction of sp³-hybridized carbons (Fsp3) is 1.00. The average Bonchev–Trinajstić information content (AvgIpc) is 2.63. The molecule has 0 spiro atoms. The van der Waals surface area contributed by atoms with E-state index in [1.54, 1.807) is 0 Å². The van der Waals surface area contributed by atoms with Crippen LogP contribution in [-0.4, -0.2) is 29.6 Å². The number of nitrogens with zero attached hydrogens (tertiary/aromatic N) is 1. The van der Waals surface area contributed by atoms with Gasteiger partial charge in [0.1, 0.15) is 0 Å². The van der Waals surface area contributed by atoms with Crippen molar-refractivity contribution in [3.8, 4) is 0 Å². The predicted octanol–water partition coefficient (Wildman–Crippen LogP) is 3.55. The zero-order valence-corrected chi connectivity index (χ0v) is 12.4. The second kappa shape index (κ2) is 6.91. The van der Waals surface area contributed by atoms with Gasteiger partial charge in [-0.2, -0.15) is 0 Å². The Bertz CT molecular complexity index is 241. The van der Waals surface area contributed by atoms with Crippen LogP contribution in [0.1, 0.15) is 71.6 Å². The van der Waals surface area contributed by atoms with Gasteiger partial charge in [-0.05, 0) is 44.9 Å². The van der Waals surface area contributed by atoms with Crippen molar-refractivity contribution in [1.82, 2.24) is 4.90 Å². The van der Waals surface area contributed by atoms with Gasteiger partial charge in [-0.1, -0.05) is 32.6 Å². The Morgan fingerprint density at radius 2 is 1.78 bits per heavy atom. The Kier molecular flexibility index (Phi) is 5.50. The molecule has 18 heavy (non-hydrogen) atoms. The van der Waals surface area contributed by atoms with E-state index in [1.165, 1.54) is 57.8 Å². The Balaban J connectivity index is 1.99. The lowest BCUT2D eigenvalue weighted by Crippen LogP contribution is -2.53. The molecular weight excluding hydrogens is 220 g/mol. The predicted molar refractivity (Wildman–Crippen MR) is 78.6 cm³/mol. The molecule has 1 aliphatic carbocycles. The number of rotatable bonds is 3. The molecule has 2 N–H and O–H groups in total. The van der Waals surface area contributed by atoms with Crippen molar-refractivity contribution in [2.75, 3.05) is 6.54 Å². The molecule has 2 fully saturated rings. The molecule has 2 rings (SSSR count). The normalized spacial score (nSPS) is 39.5. The molecule has 0 radical (unpaired) electrons. The van der Waals surface area contributed by atoms with E-state index in [2.05, 4.69) is 18.7 Å². The van der Waals surface area contributed by atoms with Crippen LogP contribution in [0.4, 0.5) is 0 Å². The van der Waals surface area contributed by atoms with Crippen molar-refractivity contribution in [3.63, 3.8) is 0 Å². The first-order valence-electron chi connectivity index (χ1n) is 8.23. The maximum Gasteiger partial charge on any atom is 0.0224 e. The van der Waals surface area contributed by atoms with Crippen LogP contribution in [0.2, 0.25) is 0 Å². The van der Waals surface area contributed by atoms with Crippen LogP contribution in [0.15, 0.2) is 0 Å². The first kappa shape index (κ1) is 14.3. The van der Waals surface area contributed by atoms with E-state index in [0.717, 1.165) is 24.5 Å². The van der Waals surface area contributed by atoms with E-state index >= 15 is 0 Å². The molecule has 4 unspecified atom stereocenters. The van der Waals surface area contributed by atoms with Gasteiger partial charge in [0, 0.05) is 24.7 Å².